The van der Waals surface area contributed by atoms with Gasteiger partial charge in [-0.2, -0.15) is 0 Å². The standard InChI is InChI=1S/C16H28N4/c1-3-10-17-11-14-12-18-13-16(19-14)20(4-2)15-8-6-5-7-9-15/h12-13,15,17H,3-11H2,1-2H3. The quantitative estimate of drug-likeness (QED) is 0.777. The molecular weight excluding hydrogens is 248 g/mol. The second-order valence-corrected chi connectivity index (χ2v) is 5.62. The predicted octanol–water partition coefficient (Wildman–Crippen LogP) is 3.14. The fourth-order valence-electron chi connectivity index (χ4n) is 3.01. The highest BCUT2D eigenvalue weighted by Crippen LogP contribution is 2.25. The first-order valence-electron chi connectivity index (χ1n) is 8.13. The van der Waals surface area contributed by atoms with E-state index in [9.17, 15) is 0 Å². The summed E-state index contributed by atoms with van der Waals surface area (Å²) in [6.45, 7) is 7.27. The number of anilines is 1. The zero-order valence-corrected chi connectivity index (χ0v) is 12.9. The first-order valence-corrected chi connectivity index (χ1v) is 8.13. The Morgan fingerprint density at radius 3 is 2.70 bits per heavy atom. The summed E-state index contributed by atoms with van der Waals surface area (Å²) >= 11 is 0. The summed E-state index contributed by atoms with van der Waals surface area (Å²) in [6, 6.07) is 0.655. The molecule has 1 aromatic rings. The fraction of sp³-hybridized carbons (Fsp3) is 0.750. The first-order chi connectivity index (χ1) is 9.85. The average molecular weight is 276 g/mol. The molecule has 0 unspecified atom stereocenters. The van der Waals surface area contributed by atoms with Gasteiger partial charge in [-0.05, 0) is 32.7 Å². The van der Waals surface area contributed by atoms with Gasteiger partial charge in [-0.3, -0.25) is 4.98 Å². The van der Waals surface area contributed by atoms with Crippen molar-refractivity contribution in [3.8, 4) is 0 Å². The largest absolute Gasteiger partial charge is 0.353 e. The second kappa shape index (κ2) is 8.20. The molecule has 4 heteroatoms. The van der Waals surface area contributed by atoms with Gasteiger partial charge in [-0.15, -0.1) is 0 Å². The highest BCUT2D eigenvalue weighted by atomic mass is 15.2. The maximum atomic E-state index is 4.79. The van der Waals surface area contributed by atoms with E-state index in [1.165, 1.54) is 32.1 Å². The molecule has 2 rings (SSSR count). The molecule has 0 aromatic carbocycles. The minimum absolute atomic E-state index is 0.655. The molecule has 1 aliphatic carbocycles. The smallest absolute Gasteiger partial charge is 0.147 e. The van der Waals surface area contributed by atoms with E-state index in [1.54, 1.807) is 0 Å². The van der Waals surface area contributed by atoms with Crippen LogP contribution in [0.1, 0.15) is 58.1 Å². The van der Waals surface area contributed by atoms with Gasteiger partial charge in [-0.25, -0.2) is 4.98 Å². The van der Waals surface area contributed by atoms with Gasteiger partial charge < -0.3 is 10.2 Å². The maximum Gasteiger partial charge on any atom is 0.147 e. The molecule has 0 aliphatic heterocycles. The summed E-state index contributed by atoms with van der Waals surface area (Å²) in [4.78, 5) is 11.6. The monoisotopic (exact) mass is 276 g/mol. The molecule has 1 heterocycles. The lowest BCUT2D eigenvalue weighted by Gasteiger charge is -2.34. The van der Waals surface area contributed by atoms with E-state index in [1.807, 2.05) is 12.4 Å². The summed E-state index contributed by atoms with van der Waals surface area (Å²) in [5.74, 6) is 1.05. The molecule has 0 amide bonds. The van der Waals surface area contributed by atoms with Crippen LogP contribution in [0.4, 0.5) is 5.82 Å². The van der Waals surface area contributed by atoms with E-state index < -0.39 is 0 Å². The van der Waals surface area contributed by atoms with Crippen LogP contribution < -0.4 is 10.2 Å². The van der Waals surface area contributed by atoms with Crippen LogP contribution in [0.25, 0.3) is 0 Å². The minimum Gasteiger partial charge on any atom is -0.353 e. The van der Waals surface area contributed by atoms with Gasteiger partial charge in [0.2, 0.25) is 0 Å². The molecule has 1 aromatic heterocycles. The van der Waals surface area contributed by atoms with E-state index in [-0.39, 0.29) is 0 Å². The van der Waals surface area contributed by atoms with Crippen LogP contribution in [0.5, 0.6) is 0 Å². The zero-order chi connectivity index (χ0) is 14.2. The molecule has 1 saturated carbocycles. The lowest BCUT2D eigenvalue weighted by atomic mass is 9.94. The second-order valence-electron chi connectivity index (χ2n) is 5.62. The van der Waals surface area contributed by atoms with Crippen molar-refractivity contribution in [2.75, 3.05) is 18.0 Å². The highest BCUT2D eigenvalue weighted by Gasteiger charge is 2.21. The Kier molecular flexibility index (Phi) is 6.25. The maximum absolute atomic E-state index is 4.79. The van der Waals surface area contributed by atoms with Gasteiger partial charge in [0.1, 0.15) is 5.82 Å². The SMILES string of the molecule is CCCNCc1cncc(N(CC)C2CCCCC2)n1. The summed E-state index contributed by atoms with van der Waals surface area (Å²) in [5, 5.41) is 3.39. The van der Waals surface area contributed by atoms with Crippen molar-refractivity contribution in [2.45, 2.75) is 65.0 Å². The van der Waals surface area contributed by atoms with Gasteiger partial charge in [0.05, 0.1) is 11.9 Å². The number of nitrogens with one attached hydrogen (secondary N) is 1. The number of aromatic nitrogens is 2. The van der Waals surface area contributed by atoms with Crippen molar-refractivity contribution in [1.82, 2.24) is 15.3 Å². The van der Waals surface area contributed by atoms with Crippen molar-refractivity contribution in [3.63, 3.8) is 0 Å². The average Bonchev–Trinajstić information content (AvgIpc) is 2.50. The van der Waals surface area contributed by atoms with E-state index in [2.05, 4.69) is 29.0 Å². The van der Waals surface area contributed by atoms with E-state index in [0.717, 1.165) is 37.6 Å². The van der Waals surface area contributed by atoms with Gasteiger partial charge in [0, 0.05) is 25.3 Å². The third-order valence-corrected chi connectivity index (χ3v) is 4.06. The Bertz CT molecular complexity index is 388. The molecule has 1 fully saturated rings. The van der Waals surface area contributed by atoms with Crippen LogP contribution in [0.2, 0.25) is 0 Å². The van der Waals surface area contributed by atoms with Crippen LogP contribution >= 0.6 is 0 Å². The predicted molar refractivity (Wildman–Crippen MR) is 83.9 cm³/mol. The fourth-order valence-corrected chi connectivity index (χ4v) is 3.01. The Balaban J connectivity index is 2.02. The Hall–Kier alpha value is -1.16. The van der Waals surface area contributed by atoms with Crippen LogP contribution in [0.15, 0.2) is 12.4 Å². The van der Waals surface area contributed by atoms with Crippen molar-refractivity contribution in [1.29, 1.82) is 0 Å². The van der Waals surface area contributed by atoms with Gasteiger partial charge >= 0.3 is 0 Å². The Morgan fingerprint density at radius 2 is 2.00 bits per heavy atom. The number of hydrogen-bond donors (Lipinski definition) is 1. The minimum atomic E-state index is 0.655. The van der Waals surface area contributed by atoms with Crippen molar-refractivity contribution in [2.24, 2.45) is 0 Å². The number of rotatable bonds is 7. The van der Waals surface area contributed by atoms with Crippen LogP contribution in [-0.2, 0) is 6.54 Å². The summed E-state index contributed by atoms with van der Waals surface area (Å²) in [6.07, 6.45) is 11.6. The van der Waals surface area contributed by atoms with Crippen LogP contribution in [0.3, 0.4) is 0 Å². The molecule has 0 spiro atoms. The van der Waals surface area contributed by atoms with Gasteiger partial charge in [0.25, 0.3) is 0 Å². The van der Waals surface area contributed by atoms with Gasteiger partial charge in [0.15, 0.2) is 0 Å². The summed E-state index contributed by atoms with van der Waals surface area (Å²) < 4.78 is 0. The van der Waals surface area contributed by atoms with E-state index >= 15 is 0 Å². The lowest BCUT2D eigenvalue weighted by Crippen LogP contribution is -2.37. The lowest BCUT2D eigenvalue weighted by molar-refractivity contribution is 0.416. The van der Waals surface area contributed by atoms with Crippen LogP contribution in [0, 0.1) is 0 Å². The first kappa shape index (κ1) is 15.2. The molecular formula is C16H28N4. The molecule has 1 aliphatic rings. The topological polar surface area (TPSA) is 41.1 Å². The number of nitrogens with zero attached hydrogens (tertiary/aromatic N) is 3. The van der Waals surface area contributed by atoms with Crippen molar-refractivity contribution >= 4 is 5.82 Å². The molecule has 4 nitrogen and oxygen atoms in total. The molecule has 1 N–H and O–H groups in total. The highest BCUT2D eigenvalue weighted by molar-refractivity contribution is 5.37. The normalized spacial score (nSPS) is 16.3. The molecule has 0 saturated heterocycles. The van der Waals surface area contributed by atoms with Crippen molar-refractivity contribution < 1.29 is 0 Å². The van der Waals surface area contributed by atoms with E-state index in [0.29, 0.717) is 6.04 Å². The van der Waals surface area contributed by atoms with E-state index in [4.69, 9.17) is 4.98 Å². The van der Waals surface area contributed by atoms with Crippen molar-refractivity contribution in [3.05, 3.63) is 18.1 Å². The Morgan fingerprint density at radius 1 is 1.20 bits per heavy atom. The van der Waals surface area contributed by atoms with Crippen LogP contribution in [-0.4, -0.2) is 29.1 Å². The Labute approximate surface area is 123 Å². The molecule has 112 valence electrons. The zero-order valence-electron chi connectivity index (χ0n) is 12.9. The molecule has 0 radical (unpaired) electrons. The summed E-state index contributed by atoms with van der Waals surface area (Å²) in [7, 11) is 0. The third kappa shape index (κ3) is 4.17. The number of hydrogen-bond acceptors (Lipinski definition) is 4. The third-order valence-electron chi connectivity index (χ3n) is 4.06. The summed E-state index contributed by atoms with van der Waals surface area (Å²) in [5.41, 5.74) is 1.05. The molecule has 20 heavy (non-hydrogen) atoms. The molecule has 0 atom stereocenters. The molecule has 0 bridgehead atoms. The van der Waals surface area contributed by atoms with Gasteiger partial charge in [-0.1, -0.05) is 26.2 Å².